The predicted octanol–water partition coefficient (Wildman–Crippen LogP) is 10.5. The van der Waals surface area contributed by atoms with Gasteiger partial charge in [0, 0.05) is 33.2 Å². The van der Waals surface area contributed by atoms with Gasteiger partial charge < -0.3 is 4.42 Å². The smallest absolute Gasteiger partial charge is 0.165 e. The number of para-hydroxylation sites is 4. The second-order valence-corrected chi connectivity index (χ2v) is 11.0. The van der Waals surface area contributed by atoms with Gasteiger partial charge in [-0.05, 0) is 41.5 Å². The van der Waals surface area contributed by atoms with Crippen molar-refractivity contribution in [1.29, 1.82) is 0 Å². The molecular formula is C40H25N3O. The number of nitrogens with zero attached hydrogens (tertiary/aromatic N) is 3. The summed E-state index contributed by atoms with van der Waals surface area (Å²) in [5.41, 5.74) is 8.88. The highest BCUT2D eigenvalue weighted by molar-refractivity contribution is 6.10. The maximum Gasteiger partial charge on any atom is 0.165 e. The molecule has 9 rings (SSSR count). The van der Waals surface area contributed by atoms with E-state index in [-0.39, 0.29) is 0 Å². The van der Waals surface area contributed by atoms with Crippen molar-refractivity contribution >= 4 is 43.7 Å². The van der Waals surface area contributed by atoms with Gasteiger partial charge in [-0.2, -0.15) is 0 Å². The third-order valence-corrected chi connectivity index (χ3v) is 8.43. The minimum atomic E-state index is 0.620. The second-order valence-electron chi connectivity index (χ2n) is 11.0. The SMILES string of the molecule is c1ccc(-c2cccc(-c3cc(-n4c5ccccc5c5ccccc54)nc(-c4cccc5c4oc4ccccc45)n3)c2)cc1. The quantitative estimate of drug-likeness (QED) is 0.214. The standard InChI is InChI=1S/C40H25N3O/c1-2-12-26(13-3-1)27-14-10-15-28(24-27)34-25-38(43-35-21-7-4-16-29(35)30-17-5-8-22-36(30)43)42-40(41-34)33-20-11-19-32-31-18-6-9-23-37(31)44-39(32)33/h1-25H. The molecule has 9 aromatic rings. The van der Waals surface area contributed by atoms with Crippen molar-refractivity contribution in [2.45, 2.75) is 0 Å². The summed E-state index contributed by atoms with van der Waals surface area (Å²) in [5, 5.41) is 4.51. The molecule has 0 unspecified atom stereocenters. The highest BCUT2D eigenvalue weighted by atomic mass is 16.3. The molecule has 3 heterocycles. The molecule has 0 N–H and O–H groups in total. The fraction of sp³-hybridized carbons (Fsp3) is 0. The van der Waals surface area contributed by atoms with Crippen molar-refractivity contribution in [2.75, 3.05) is 0 Å². The Labute approximate surface area is 253 Å². The summed E-state index contributed by atoms with van der Waals surface area (Å²) in [4.78, 5) is 10.5. The summed E-state index contributed by atoms with van der Waals surface area (Å²) in [7, 11) is 0. The summed E-state index contributed by atoms with van der Waals surface area (Å²) in [6, 6.07) is 52.5. The number of fused-ring (bicyclic) bond motifs is 6. The molecule has 0 aliphatic rings. The van der Waals surface area contributed by atoms with Gasteiger partial charge in [0.25, 0.3) is 0 Å². The topological polar surface area (TPSA) is 43.9 Å². The molecule has 44 heavy (non-hydrogen) atoms. The predicted molar refractivity (Wildman–Crippen MR) is 180 cm³/mol. The van der Waals surface area contributed by atoms with Gasteiger partial charge in [0.2, 0.25) is 0 Å². The van der Waals surface area contributed by atoms with Crippen LogP contribution in [-0.4, -0.2) is 14.5 Å². The third kappa shape index (κ3) is 3.85. The molecule has 0 aliphatic carbocycles. The lowest BCUT2D eigenvalue weighted by Gasteiger charge is -2.13. The molecule has 0 amide bonds. The normalized spacial score (nSPS) is 11.6. The van der Waals surface area contributed by atoms with Gasteiger partial charge in [0.15, 0.2) is 5.82 Å². The molecular weight excluding hydrogens is 538 g/mol. The largest absolute Gasteiger partial charge is 0.455 e. The van der Waals surface area contributed by atoms with Crippen LogP contribution in [0, 0.1) is 0 Å². The molecule has 3 aromatic heterocycles. The van der Waals surface area contributed by atoms with Crippen molar-refractivity contribution in [3.8, 4) is 39.6 Å². The van der Waals surface area contributed by atoms with Crippen LogP contribution >= 0.6 is 0 Å². The summed E-state index contributed by atoms with van der Waals surface area (Å²) in [5.74, 6) is 1.43. The molecule has 0 spiro atoms. The molecule has 206 valence electrons. The van der Waals surface area contributed by atoms with E-state index in [1.165, 1.54) is 16.3 Å². The second kappa shape index (κ2) is 9.79. The van der Waals surface area contributed by atoms with Gasteiger partial charge in [0.05, 0.1) is 22.3 Å². The van der Waals surface area contributed by atoms with E-state index in [1.807, 2.05) is 24.3 Å². The summed E-state index contributed by atoms with van der Waals surface area (Å²) < 4.78 is 8.69. The molecule has 0 radical (unpaired) electrons. The average molecular weight is 564 g/mol. The molecule has 0 saturated carbocycles. The maximum atomic E-state index is 6.44. The van der Waals surface area contributed by atoms with Crippen LogP contribution in [0.4, 0.5) is 0 Å². The minimum Gasteiger partial charge on any atom is -0.455 e. The number of hydrogen-bond acceptors (Lipinski definition) is 3. The molecule has 6 aromatic carbocycles. The van der Waals surface area contributed by atoms with E-state index in [0.717, 1.165) is 61.2 Å². The van der Waals surface area contributed by atoms with Crippen LogP contribution in [0.3, 0.4) is 0 Å². The van der Waals surface area contributed by atoms with Gasteiger partial charge in [-0.15, -0.1) is 0 Å². The Kier molecular flexibility index (Phi) is 5.47. The van der Waals surface area contributed by atoms with Gasteiger partial charge in [-0.1, -0.05) is 115 Å². The Balaban J connectivity index is 1.34. The van der Waals surface area contributed by atoms with Gasteiger partial charge in [-0.3, -0.25) is 4.57 Å². The summed E-state index contributed by atoms with van der Waals surface area (Å²) >= 11 is 0. The van der Waals surface area contributed by atoms with Crippen LogP contribution in [-0.2, 0) is 0 Å². The van der Waals surface area contributed by atoms with E-state index in [0.29, 0.717) is 5.82 Å². The Bertz CT molecular complexity index is 2450. The molecule has 0 saturated heterocycles. The first-order valence-corrected chi connectivity index (χ1v) is 14.8. The van der Waals surface area contributed by atoms with Crippen LogP contribution in [0.5, 0.6) is 0 Å². The number of aromatic nitrogens is 3. The third-order valence-electron chi connectivity index (χ3n) is 8.43. The van der Waals surface area contributed by atoms with Crippen molar-refractivity contribution in [3.63, 3.8) is 0 Å². The Morgan fingerprint density at radius 2 is 1.07 bits per heavy atom. The first-order chi connectivity index (χ1) is 21.8. The highest BCUT2D eigenvalue weighted by Crippen LogP contribution is 2.37. The molecule has 0 atom stereocenters. The molecule has 0 bridgehead atoms. The number of furan rings is 1. The monoisotopic (exact) mass is 563 g/mol. The van der Waals surface area contributed by atoms with Crippen LogP contribution in [0.25, 0.3) is 83.3 Å². The van der Waals surface area contributed by atoms with Gasteiger partial charge in [-0.25, -0.2) is 9.97 Å². The first kappa shape index (κ1) is 24.6. The lowest BCUT2D eigenvalue weighted by Crippen LogP contribution is -2.02. The highest BCUT2D eigenvalue weighted by Gasteiger charge is 2.19. The van der Waals surface area contributed by atoms with Crippen LogP contribution in [0.15, 0.2) is 156 Å². The molecule has 0 fully saturated rings. The van der Waals surface area contributed by atoms with Crippen LogP contribution < -0.4 is 0 Å². The van der Waals surface area contributed by atoms with Gasteiger partial charge >= 0.3 is 0 Å². The fourth-order valence-corrected chi connectivity index (χ4v) is 6.40. The van der Waals surface area contributed by atoms with Crippen molar-refractivity contribution in [3.05, 3.63) is 152 Å². The number of rotatable bonds is 4. The summed E-state index contributed by atoms with van der Waals surface area (Å²) in [6.45, 7) is 0. The maximum absolute atomic E-state index is 6.44. The molecule has 0 aliphatic heterocycles. The number of hydrogen-bond donors (Lipinski definition) is 0. The summed E-state index contributed by atoms with van der Waals surface area (Å²) in [6.07, 6.45) is 0. The molecule has 4 nitrogen and oxygen atoms in total. The van der Waals surface area contributed by atoms with E-state index in [2.05, 4.69) is 132 Å². The Morgan fingerprint density at radius 3 is 1.86 bits per heavy atom. The van der Waals surface area contributed by atoms with E-state index < -0.39 is 0 Å². The van der Waals surface area contributed by atoms with E-state index in [9.17, 15) is 0 Å². The van der Waals surface area contributed by atoms with Crippen molar-refractivity contribution < 1.29 is 4.42 Å². The first-order valence-electron chi connectivity index (χ1n) is 14.8. The van der Waals surface area contributed by atoms with Gasteiger partial charge in [0.1, 0.15) is 17.0 Å². The Hall–Kier alpha value is -6.00. The van der Waals surface area contributed by atoms with Crippen molar-refractivity contribution in [1.82, 2.24) is 14.5 Å². The lowest BCUT2D eigenvalue weighted by atomic mass is 10.0. The zero-order valence-corrected chi connectivity index (χ0v) is 23.7. The van der Waals surface area contributed by atoms with Crippen LogP contribution in [0.2, 0.25) is 0 Å². The zero-order chi connectivity index (χ0) is 29.0. The fourth-order valence-electron chi connectivity index (χ4n) is 6.40. The average Bonchev–Trinajstić information content (AvgIpc) is 3.65. The van der Waals surface area contributed by atoms with E-state index in [4.69, 9.17) is 14.4 Å². The van der Waals surface area contributed by atoms with Crippen molar-refractivity contribution in [2.24, 2.45) is 0 Å². The number of benzene rings is 6. The lowest BCUT2D eigenvalue weighted by molar-refractivity contribution is 0.669. The molecule has 4 heteroatoms. The zero-order valence-electron chi connectivity index (χ0n) is 23.7. The van der Waals surface area contributed by atoms with Crippen LogP contribution in [0.1, 0.15) is 0 Å². The van der Waals surface area contributed by atoms with E-state index in [1.54, 1.807) is 0 Å². The minimum absolute atomic E-state index is 0.620. The Morgan fingerprint density at radius 1 is 0.455 bits per heavy atom. The van der Waals surface area contributed by atoms with E-state index >= 15 is 0 Å².